The maximum absolute atomic E-state index is 12.5. The van der Waals surface area contributed by atoms with E-state index in [-0.39, 0.29) is 5.91 Å². The van der Waals surface area contributed by atoms with Gasteiger partial charge in [-0.2, -0.15) is 0 Å². The van der Waals surface area contributed by atoms with E-state index in [1.807, 2.05) is 6.07 Å². The standard InChI is InChI=1S/C23H24ClN3O/c24-21-10-11-25-22-15-18(8-9-20(21)22)23(28)26-12-14-27-13-4-7-19(16-27)17-5-2-1-3-6-17/h1-3,5-6,8-11,15,19H,4,7,12-14,16H2,(H,26,28). The Labute approximate surface area is 170 Å². The molecule has 1 unspecified atom stereocenters. The molecule has 28 heavy (non-hydrogen) atoms. The van der Waals surface area contributed by atoms with E-state index < -0.39 is 0 Å². The molecule has 4 rings (SSSR count). The fraction of sp³-hybridized carbons (Fsp3) is 0.304. The zero-order valence-electron chi connectivity index (χ0n) is 15.8. The van der Waals surface area contributed by atoms with Gasteiger partial charge in [-0.25, -0.2) is 0 Å². The maximum atomic E-state index is 12.5. The Morgan fingerprint density at radius 3 is 2.89 bits per heavy atom. The summed E-state index contributed by atoms with van der Waals surface area (Å²) in [6.07, 6.45) is 4.09. The second-order valence-electron chi connectivity index (χ2n) is 7.33. The fourth-order valence-electron chi connectivity index (χ4n) is 3.94. The number of amides is 1. The predicted octanol–water partition coefficient (Wildman–Crippen LogP) is 4.50. The molecule has 4 nitrogen and oxygen atoms in total. The molecule has 5 heteroatoms. The molecule has 3 aromatic rings. The first-order valence-corrected chi connectivity index (χ1v) is 10.2. The molecule has 1 N–H and O–H groups in total. The van der Waals surface area contributed by atoms with Crippen molar-refractivity contribution in [3.8, 4) is 0 Å². The number of carbonyl (C=O) groups excluding carboxylic acids is 1. The van der Waals surface area contributed by atoms with Gasteiger partial charge in [-0.1, -0.05) is 48.0 Å². The minimum absolute atomic E-state index is 0.0692. The van der Waals surface area contributed by atoms with Gasteiger partial charge < -0.3 is 10.2 Å². The molecule has 1 amide bonds. The second-order valence-corrected chi connectivity index (χ2v) is 7.74. The van der Waals surface area contributed by atoms with Crippen LogP contribution >= 0.6 is 11.6 Å². The van der Waals surface area contributed by atoms with Gasteiger partial charge in [0.25, 0.3) is 5.91 Å². The van der Waals surface area contributed by atoms with Crippen molar-refractivity contribution in [1.29, 1.82) is 0 Å². The molecule has 0 radical (unpaired) electrons. The van der Waals surface area contributed by atoms with Crippen LogP contribution in [0.15, 0.2) is 60.8 Å². The van der Waals surface area contributed by atoms with E-state index in [1.165, 1.54) is 18.4 Å². The monoisotopic (exact) mass is 393 g/mol. The molecule has 0 aliphatic carbocycles. The molecule has 144 valence electrons. The van der Waals surface area contributed by atoms with Crippen molar-refractivity contribution in [2.24, 2.45) is 0 Å². The first-order chi connectivity index (χ1) is 13.7. The molecule has 1 aromatic heterocycles. The van der Waals surface area contributed by atoms with Crippen molar-refractivity contribution < 1.29 is 4.79 Å². The van der Waals surface area contributed by atoms with Crippen LogP contribution in [0.25, 0.3) is 10.9 Å². The normalized spacial score (nSPS) is 17.5. The van der Waals surface area contributed by atoms with Crippen LogP contribution in [0.4, 0.5) is 0 Å². The molecule has 0 bridgehead atoms. The SMILES string of the molecule is O=C(NCCN1CCCC(c2ccccc2)C1)c1ccc2c(Cl)ccnc2c1. The van der Waals surface area contributed by atoms with Gasteiger partial charge in [-0.15, -0.1) is 0 Å². The summed E-state index contributed by atoms with van der Waals surface area (Å²) in [6.45, 7) is 3.66. The van der Waals surface area contributed by atoms with Crippen LogP contribution in [0, 0.1) is 0 Å². The van der Waals surface area contributed by atoms with Crippen molar-refractivity contribution >= 4 is 28.4 Å². The molecule has 0 spiro atoms. The maximum Gasteiger partial charge on any atom is 0.251 e. The molecule has 2 aromatic carbocycles. The van der Waals surface area contributed by atoms with E-state index in [1.54, 1.807) is 24.4 Å². The van der Waals surface area contributed by atoms with Crippen LogP contribution in [0.2, 0.25) is 5.02 Å². The summed E-state index contributed by atoms with van der Waals surface area (Å²) in [5, 5.41) is 4.55. The van der Waals surface area contributed by atoms with Crippen molar-refractivity contribution in [3.63, 3.8) is 0 Å². The number of nitrogens with zero attached hydrogens (tertiary/aromatic N) is 2. The highest BCUT2D eigenvalue weighted by Gasteiger charge is 2.21. The first-order valence-electron chi connectivity index (χ1n) is 9.80. The van der Waals surface area contributed by atoms with Gasteiger partial charge in [0.15, 0.2) is 0 Å². The largest absolute Gasteiger partial charge is 0.351 e. The van der Waals surface area contributed by atoms with Gasteiger partial charge in [0.2, 0.25) is 0 Å². The van der Waals surface area contributed by atoms with Gasteiger partial charge in [-0.05, 0) is 49.1 Å². The second kappa shape index (κ2) is 8.72. The van der Waals surface area contributed by atoms with Gasteiger partial charge in [0.05, 0.1) is 10.5 Å². The lowest BCUT2D eigenvalue weighted by Crippen LogP contribution is -2.40. The van der Waals surface area contributed by atoms with Crippen LogP contribution in [-0.2, 0) is 0 Å². The topological polar surface area (TPSA) is 45.2 Å². The summed E-state index contributed by atoms with van der Waals surface area (Å²) < 4.78 is 0. The average molecular weight is 394 g/mol. The van der Waals surface area contributed by atoms with E-state index >= 15 is 0 Å². The summed E-state index contributed by atoms with van der Waals surface area (Å²) in [4.78, 5) is 19.3. The van der Waals surface area contributed by atoms with Crippen molar-refractivity contribution in [3.05, 3.63) is 76.9 Å². The third kappa shape index (κ3) is 4.34. The molecule has 2 heterocycles. The summed E-state index contributed by atoms with van der Waals surface area (Å²) in [5.41, 5.74) is 2.77. The fourth-order valence-corrected chi connectivity index (χ4v) is 4.16. The zero-order chi connectivity index (χ0) is 19.3. The van der Waals surface area contributed by atoms with Crippen LogP contribution in [0.5, 0.6) is 0 Å². The van der Waals surface area contributed by atoms with Crippen LogP contribution in [0.3, 0.4) is 0 Å². The highest BCUT2D eigenvalue weighted by molar-refractivity contribution is 6.35. The Morgan fingerprint density at radius 1 is 1.18 bits per heavy atom. The molecule has 1 saturated heterocycles. The minimum atomic E-state index is -0.0692. The molecular weight excluding hydrogens is 370 g/mol. The molecule has 1 atom stereocenters. The average Bonchev–Trinajstić information content (AvgIpc) is 2.74. The number of nitrogens with one attached hydrogen (secondary N) is 1. The number of carbonyl (C=O) groups is 1. The number of likely N-dealkylation sites (tertiary alicyclic amines) is 1. The van der Waals surface area contributed by atoms with Crippen molar-refractivity contribution in [2.45, 2.75) is 18.8 Å². The lowest BCUT2D eigenvalue weighted by molar-refractivity contribution is 0.0945. The van der Waals surface area contributed by atoms with E-state index in [0.717, 1.165) is 30.5 Å². The van der Waals surface area contributed by atoms with Crippen LogP contribution in [-0.4, -0.2) is 42.0 Å². The Bertz CT molecular complexity index is 960. The third-order valence-electron chi connectivity index (χ3n) is 5.44. The van der Waals surface area contributed by atoms with Crippen LogP contribution < -0.4 is 5.32 Å². The van der Waals surface area contributed by atoms with E-state index in [4.69, 9.17) is 11.6 Å². The number of hydrogen-bond donors (Lipinski definition) is 1. The molecule has 1 fully saturated rings. The van der Waals surface area contributed by atoms with Gasteiger partial charge in [-0.3, -0.25) is 9.78 Å². The number of pyridine rings is 1. The third-order valence-corrected chi connectivity index (χ3v) is 5.77. The van der Waals surface area contributed by atoms with E-state index in [9.17, 15) is 4.79 Å². The number of hydrogen-bond acceptors (Lipinski definition) is 3. The molecule has 1 aliphatic heterocycles. The van der Waals surface area contributed by atoms with Crippen molar-refractivity contribution in [1.82, 2.24) is 15.2 Å². The van der Waals surface area contributed by atoms with Gasteiger partial charge in [0.1, 0.15) is 0 Å². The zero-order valence-corrected chi connectivity index (χ0v) is 16.5. The number of halogens is 1. The highest BCUT2D eigenvalue weighted by atomic mass is 35.5. The number of benzene rings is 2. The molecule has 0 saturated carbocycles. The van der Waals surface area contributed by atoms with E-state index in [2.05, 4.69) is 45.5 Å². The van der Waals surface area contributed by atoms with Crippen LogP contribution in [0.1, 0.15) is 34.7 Å². The number of piperidine rings is 1. The number of rotatable bonds is 5. The van der Waals surface area contributed by atoms with Gasteiger partial charge in [0, 0.05) is 36.8 Å². The van der Waals surface area contributed by atoms with Gasteiger partial charge >= 0.3 is 0 Å². The quantitative estimate of drug-likeness (QED) is 0.694. The summed E-state index contributed by atoms with van der Waals surface area (Å²) in [5.74, 6) is 0.516. The minimum Gasteiger partial charge on any atom is -0.351 e. The molecular formula is C23H24ClN3O. The number of fused-ring (bicyclic) bond motifs is 1. The Balaban J connectivity index is 1.31. The molecule has 1 aliphatic rings. The smallest absolute Gasteiger partial charge is 0.251 e. The highest BCUT2D eigenvalue weighted by Crippen LogP contribution is 2.26. The Hall–Kier alpha value is -2.43. The lowest BCUT2D eigenvalue weighted by Gasteiger charge is -2.33. The number of aromatic nitrogens is 1. The lowest BCUT2D eigenvalue weighted by atomic mass is 9.91. The first kappa shape index (κ1) is 18.9. The summed E-state index contributed by atoms with van der Waals surface area (Å²) in [6, 6.07) is 17.9. The summed E-state index contributed by atoms with van der Waals surface area (Å²) >= 11 is 6.17. The predicted molar refractivity (Wildman–Crippen MR) is 114 cm³/mol. The Morgan fingerprint density at radius 2 is 2.04 bits per heavy atom. The van der Waals surface area contributed by atoms with Crippen molar-refractivity contribution in [2.75, 3.05) is 26.2 Å². The summed E-state index contributed by atoms with van der Waals surface area (Å²) in [7, 11) is 0. The van der Waals surface area contributed by atoms with E-state index in [0.29, 0.717) is 23.0 Å². The Kier molecular flexibility index (Phi) is 5.89.